The van der Waals surface area contributed by atoms with Gasteiger partial charge < -0.3 is 5.11 Å². The van der Waals surface area contributed by atoms with Crippen LogP contribution in [-0.2, 0) is 0 Å². The molecule has 3 atom stereocenters. The largest absolute Gasteiger partial charge is 0.390 e. The van der Waals surface area contributed by atoms with Crippen LogP contribution in [0.4, 0.5) is 0 Å². The van der Waals surface area contributed by atoms with Gasteiger partial charge in [-0.1, -0.05) is 34.6 Å². The monoisotopic (exact) mass is 426 g/mol. The molecule has 2 fully saturated rings. The maximum atomic E-state index is 11.7. The van der Waals surface area contributed by atoms with Crippen LogP contribution in [0.25, 0.3) is 0 Å². The normalized spacial score (nSPS) is 31.5. The number of rotatable bonds is 12. The first-order valence-corrected chi connectivity index (χ1v) is 12.5. The molecule has 0 bridgehead atoms. The van der Waals surface area contributed by atoms with Gasteiger partial charge in [-0.15, -0.1) is 0 Å². The van der Waals surface area contributed by atoms with Gasteiger partial charge in [0.2, 0.25) is 0 Å². The minimum absolute atomic E-state index is 0.454. The molecule has 30 heavy (non-hydrogen) atoms. The molecule has 0 aliphatic carbocycles. The van der Waals surface area contributed by atoms with Crippen molar-refractivity contribution in [3.63, 3.8) is 0 Å². The van der Waals surface area contributed by atoms with Crippen molar-refractivity contribution in [3.8, 4) is 0 Å². The lowest BCUT2D eigenvalue weighted by atomic mass is 9.82. The Hall–Kier alpha value is -0.280. The number of hydrogen-bond donors (Lipinski definition) is 2. The van der Waals surface area contributed by atoms with Crippen molar-refractivity contribution >= 4 is 0 Å². The van der Waals surface area contributed by atoms with Gasteiger partial charge in [0.25, 0.3) is 0 Å². The van der Waals surface area contributed by atoms with E-state index in [1.165, 1.54) is 12.8 Å². The Balaban J connectivity index is 2.85. The summed E-state index contributed by atoms with van der Waals surface area (Å²) in [5.41, 5.74) is -0.598. The second-order valence-corrected chi connectivity index (χ2v) is 9.07. The van der Waals surface area contributed by atoms with Crippen molar-refractivity contribution in [2.45, 2.75) is 84.3 Å². The Bertz CT molecular complexity index is 490. The van der Waals surface area contributed by atoms with E-state index >= 15 is 0 Å². The van der Waals surface area contributed by atoms with E-state index in [0.717, 1.165) is 71.6 Å². The first-order chi connectivity index (χ1) is 14.4. The molecule has 2 aliphatic rings. The number of nitrogens with one attached hydrogen (secondary N) is 1. The summed E-state index contributed by atoms with van der Waals surface area (Å²) >= 11 is 0. The number of piperidine rings is 1. The highest BCUT2D eigenvalue weighted by Crippen LogP contribution is 2.45. The van der Waals surface area contributed by atoms with Crippen LogP contribution >= 0.6 is 0 Å². The van der Waals surface area contributed by atoms with Crippen molar-refractivity contribution in [1.29, 1.82) is 0 Å². The molecule has 178 valence electrons. The summed E-state index contributed by atoms with van der Waals surface area (Å²) in [6, 6.07) is 0. The Kier molecular flexibility index (Phi) is 10.00. The SMILES string of the molecule is CCCN(CCC)C1(N(CC)CC)N(N2CCCC2)CCC(O)C1(NCC)N(C)C. The molecule has 2 aliphatic heterocycles. The standard InChI is InChI=1S/C23H50N6O/c1-8-16-27(17-9-2)23(26(11-4)12-5)22(24-10-3,25(6)7)21(30)15-20-29(23)28-18-13-14-19-28/h21,24,30H,8-20H2,1-7H3. The van der Waals surface area contributed by atoms with Gasteiger partial charge in [-0.25, -0.2) is 10.0 Å². The second-order valence-electron chi connectivity index (χ2n) is 9.07. The van der Waals surface area contributed by atoms with Crippen LogP contribution in [-0.4, -0.2) is 114 Å². The van der Waals surface area contributed by atoms with E-state index in [-0.39, 0.29) is 0 Å². The van der Waals surface area contributed by atoms with E-state index in [0.29, 0.717) is 0 Å². The van der Waals surface area contributed by atoms with Gasteiger partial charge in [0, 0.05) is 32.7 Å². The van der Waals surface area contributed by atoms with Crippen LogP contribution < -0.4 is 5.32 Å². The summed E-state index contributed by atoms with van der Waals surface area (Å²) in [4.78, 5) is 7.57. The van der Waals surface area contributed by atoms with E-state index in [9.17, 15) is 5.11 Å². The number of nitrogens with zero attached hydrogens (tertiary/aromatic N) is 5. The molecule has 2 N–H and O–H groups in total. The lowest BCUT2D eigenvalue weighted by Gasteiger charge is -2.70. The van der Waals surface area contributed by atoms with Gasteiger partial charge in [-0.2, -0.15) is 0 Å². The Labute approximate surface area is 186 Å². The fourth-order valence-electron chi connectivity index (χ4n) is 6.21. The number of aliphatic hydroxyl groups is 1. The van der Waals surface area contributed by atoms with E-state index < -0.39 is 17.6 Å². The first-order valence-electron chi connectivity index (χ1n) is 12.5. The summed E-state index contributed by atoms with van der Waals surface area (Å²) in [6.07, 6.45) is 5.03. The number of aliphatic hydroxyl groups excluding tert-OH is 1. The van der Waals surface area contributed by atoms with E-state index in [1.807, 2.05) is 0 Å². The highest BCUT2D eigenvalue weighted by Gasteiger charge is 2.68. The van der Waals surface area contributed by atoms with Crippen LogP contribution in [0.5, 0.6) is 0 Å². The highest BCUT2D eigenvalue weighted by atomic mass is 16.3. The lowest BCUT2D eigenvalue weighted by Crippen LogP contribution is -2.92. The van der Waals surface area contributed by atoms with Gasteiger partial charge in [0.05, 0.1) is 6.10 Å². The predicted octanol–water partition coefficient (Wildman–Crippen LogP) is 2.05. The minimum atomic E-state index is -0.598. The lowest BCUT2D eigenvalue weighted by molar-refractivity contribution is -0.341. The molecule has 0 radical (unpaired) electrons. The predicted molar refractivity (Wildman–Crippen MR) is 126 cm³/mol. The van der Waals surface area contributed by atoms with Gasteiger partial charge >= 0.3 is 0 Å². The third kappa shape index (κ3) is 4.19. The highest BCUT2D eigenvalue weighted by molar-refractivity contribution is 5.15. The zero-order chi connectivity index (χ0) is 22.4. The first kappa shape index (κ1) is 26.0. The Morgan fingerprint density at radius 1 is 0.900 bits per heavy atom. The minimum Gasteiger partial charge on any atom is -0.390 e. The smallest absolute Gasteiger partial charge is 0.179 e. The number of hydrogen-bond acceptors (Lipinski definition) is 7. The van der Waals surface area contributed by atoms with Crippen molar-refractivity contribution in [2.24, 2.45) is 0 Å². The van der Waals surface area contributed by atoms with Crippen LogP contribution in [0.3, 0.4) is 0 Å². The molecule has 2 rings (SSSR count). The van der Waals surface area contributed by atoms with Crippen LogP contribution in [0, 0.1) is 0 Å². The van der Waals surface area contributed by atoms with Crippen LogP contribution in [0.2, 0.25) is 0 Å². The molecule has 7 nitrogen and oxygen atoms in total. The van der Waals surface area contributed by atoms with Crippen molar-refractivity contribution < 1.29 is 5.11 Å². The Morgan fingerprint density at radius 2 is 1.47 bits per heavy atom. The molecule has 0 aromatic heterocycles. The van der Waals surface area contributed by atoms with Crippen LogP contribution in [0.15, 0.2) is 0 Å². The molecule has 2 saturated heterocycles. The fraction of sp³-hybridized carbons (Fsp3) is 1.00. The number of likely N-dealkylation sites (N-methyl/N-ethyl adjacent to an activating group) is 3. The quantitative estimate of drug-likeness (QED) is 0.463. The molecular formula is C23H50N6O. The summed E-state index contributed by atoms with van der Waals surface area (Å²) in [5.74, 6) is -0.454. The molecule has 2 heterocycles. The molecule has 3 unspecified atom stereocenters. The Morgan fingerprint density at radius 3 is 1.90 bits per heavy atom. The summed E-state index contributed by atoms with van der Waals surface area (Å²) in [7, 11) is 4.29. The van der Waals surface area contributed by atoms with Crippen molar-refractivity contribution in [3.05, 3.63) is 0 Å². The second kappa shape index (κ2) is 11.5. The van der Waals surface area contributed by atoms with Gasteiger partial charge in [0.1, 0.15) is 5.66 Å². The molecular weight excluding hydrogens is 376 g/mol. The third-order valence-electron chi connectivity index (χ3n) is 7.18. The molecule has 7 heteroatoms. The van der Waals surface area contributed by atoms with Gasteiger partial charge in [0.15, 0.2) is 5.79 Å². The fourth-order valence-corrected chi connectivity index (χ4v) is 6.21. The van der Waals surface area contributed by atoms with E-state index in [1.54, 1.807) is 0 Å². The molecule has 0 spiro atoms. The maximum absolute atomic E-state index is 11.7. The molecule has 0 aromatic rings. The van der Waals surface area contributed by atoms with E-state index in [2.05, 4.69) is 78.7 Å². The van der Waals surface area contributed by atoms with E-state index in [4.69, 9.17) is 0 Å². The maximum Gasteiger partial charge on any atom is 0.179 e. The molecule has 0 saturated carbocycles. The van der Waals surface area contributed by atoms with Crippen molar-refractivity contribution in [1.82, 2.24) is 30.0 Å². The third-order valence-corrected chi connectivity index (χ3v) is 7.18. The van der Waals surface area contributed by atoms with Crippen LogP contribution in [0.1, 0.15) is 66.7 Å². The zero-order valence-corrected chi connectivity index (χ0v) is 21.0. The molecule has 0 aromatic carbocycles. The zero-order valence-electron chi connectivity index (χ0n) is 21.0. The average Bonchev–Trinajstić information content (AvgIpc) is 3.25. The van der Waals surface area contributed by atoms with Gasteiger partial charge in [-0.05, 0) is 65.8 Å². The summed E-state index contributed by atoms with van der Waals surface area (Å²) in [6.45, 7) is 19.1. The molecule has 0 amide bonds. The topological polar surface area (TPSA) is 48.5 Å². The van der Waals surface area contributed by atoms with Crippen molar-refractivity contribution in [2.75, 3.05) is 66.5 Å². The summed E-state index contributed by atoms with van der Waals surface area (Å²) in [5, 5.41) is 20.9. The number of hydrazine groups is 1. The summed E-state index contributed by atoms with van der Waals surface area (Å²) < 4.78 is 0. The average molecular weight is 427 g/mol. The van der Waals surface area contributed by atoms with Gasteiger partial charge in [-0.3, -0.25) is 20.0 Å².